The molecule has 0 unspecified atom stereocenters. The predicted octanol–water partition coefficient (Wildman–Crippen LogP) is 2.25. The number of hydrogen-bond donors (Lipinski definition) is 0. The van der Waals surface area contributed by atoms with Gasteiger partial charge in [-0.2, -0.15) is 0 Å². The normalized spacial score (nSPS) is 26.4. The molecule has 2 heterocycles. The molecule has 27 heavy (non-hydrogen) atoms. The number of aliphatic imine (C=N–C) groups is 1. The first-order chi connectivity index (χ1) is 13.0. The molecule has 0 aromatic heterocycles. The van der Waals surface area contributed by atoms with Gasteiger partial charge in [-0.25, -0.2) is 9.69 Å². The Morgan fingerprint density at radius 1 is 1.07 bits per heavy atom. The Labute approximate surface area is 156 Å². The molecule has 4 rings (SSSR count). The zero-order valence-corrected chi connectivity index (χ0v) is 15.0. The smallest absolute Gasteiger partial charge is 0.339 e. The number of aryl methyl sites for hydroxylation is 1. The quantitative estimate of drug-likeness (QED) is 0.620. The highest BCUT2D eigenvalue weighted by molar-refractivity contribution is 6.28. The first kappa shape index (κ1) is 17.1. The molecule has 136 valence electrons. The largest absolute Gasteiger partial charge is 0.467 e. The molecular formula is C21H18N2O4. The van der Waals surface area contributed by atoms with E-state index in [1.807, 2.05) is 19.1 Å². The minimum atomic E-state index is -1.55. The summed E-state index contributed by atoms with van der Waals surface area (Å²) in [5.74, 6) is -3.22. The van der Waals surface area contributed by atoms with E-state index in [1.54, 1.807) is 42.5 Å². The number of methoxy groups -OCH3 is 1. The summed E-state index contributed by atoms with van der Waals surface area (Å²) in [7, 11) is 1.26. The van der Waals surface area contributed by atoms with E-state index < -0.39 is 29.3 Å². The maximum Gasteiger partial charge on any atom is 0.339 e. The Morgan fingerprint density at radius 2 is 1.81 bits per heavy atom. The lowest BCUT2D eigenvalue weighted by atomic mass is 9.75. The highest BCUT2D eigenvalue weighted by Gasteiger charge is 2.65. The standard InChI is InChI=1S/C21H18N2O4/c1-13-7-6-8-14(11-13)21(20(26)27-2)17-16(12-22-21)18(24)23(19(17)25)15-9-4-3-5-10-15/h3-12,16-17H,1-2H3/t16-,17+,21+/m1/s1. The van der Waals surface area contributed by atoms with E-state index >= 15 is 0 Å². The lowest BCUT2D eigenvalue weighted by Crippen LogP contribution is -2.45. The number of nitrogens with zero attached hydrogens (tertiary/aromatic N) is 2. The molecule has 2 aromatic rings. The fraction of sp³-hybridized carbons (Fsp3) is 0.238. The number of hydrogen-bond acceptors (Lipinski definition) is 5. The Morgan fingerprint density at radius 3 is 2.48 bits per heavy atom. The van der Waals surface area contributed by atoms with Crippen molar-refractivity contribution in [2.24, 2.45) is 16.8 Å². The number of anilines is 1. The van der Waals surface area contributed by atoms with Gasteiger partial charge in [-0.05, 0) is 24.6 Å². The van der Waals surface area contributed by atoms with Crippen molar-refractivity contribution < 1.29 is 19.1 Å². The van der Waals surface area contributed by atoms with Crippen LogP contribution in [0.4, 0.5) is 5.69 Å². The first-order valence-corrected chi connectivity index (χ1v) is 8.64. The number of esters is 1. The van der Waals surface area contributed by atoms with Crippen molar-refractivity contribution in [1.82, 2.24) is 0 Å². The number of rotatable bonds is 3. The molecule has 1 fully saturated rings. The van der Waals surface area contributed by atoms with Crippen LogP contribution in [0.5, 0.6) is 0 Å². The number of ether oxygens (including phenoxy) is 1. The van der Waals surface area contributed by atoms with Gasteiger partial charge in [0.05, 0.1) is 24.6 Å². The summed E-state index contributed by atoms with van der Waals surface area (Å²) in [6, 6.07) is 15.9. The van der Waals surface area contributed by atoms with Crippen molar-refractivity contribution in [2.45, 2.75) is 12.5 Å². The zero-order chi connectivity index (χ0) is 19.2. The van der Waals surface area contributed by atoms with E-state index in [0.29, 0.717) is 11.3 Å². The molecule has 0 saturated carbocycles. The monoisotopic (exact) mass is 362 g/mol. The summed E-state index contributed by atoms with van der Waals surface area (Å²) in [6.45, 7) is 1.89. The van der Waals surface area contributed by atoms with Gasteiger partial charge < -0.3 is 4.74 Å². The summed E-state index contributed by atoms with van der Waals surface area (Å²) in [5, 5.41) is 0. The highest BCUT2D eigenvalue weighted by atomic mass is 16.5. The zero-order valence-electron chi connectivity index (χ0n) is 15.0. The number of carbonyl (C=O) groups is 3. The van der Waals surface area contributed by atoms with E-state index in [2.05, 4.69) is 4.99 Å². The molecule has 3 atom stereocenters. The second-order valence-electron chi connectivity index (χ2n) is 6.76. The van der Waals surface area contributed by atoms with Crippen molar-refractivity contribution in [3.63, 3.8) is 0 Å². The minimum absolute atomic E-state index is 0.376. The third-order valence-electron chi connectivity index (χ3n) is 5.21. The molecule has 0 aliphatic carbocycles. The molecule has 2 amide bonds. The second-order valence-corrected chi connectivity index (χ2v) is 6.76. The Hall–Kier alpha value is -3.28. The van der Waals surface area contributed by atoms with Gasteiger partial charge in [-0.3, -0.25) is 14.6 Å². The number of carbonyl (C=O) groups excluding carboxylic acids is 3. The first-order valence-electron chi connectivity index (χ1n) is 8.64. The van der Waals surface area contributed by atoms with E-state index in [4.69, 9.17) is 4.74 Å². The molecule has 0 bridgehead atoms. The van der Waals surface area contributed by atoms with E-state index in [0.717, 1.165) is 10.5 Å². The van der Waals surface area contributed by atoms with Crippen LogP contribution >= 0.6 is 0 Å². The molecule has 2 aliphatic rings. The van der Waals surface area contributed by atoms with E-state index in [-0.39, 0.29) is 5.91 Å². The van der Waals surface area contributed by atoms with Crippen LogP contribution in [0.25, 0.3) is 0 Å². The van der Waals surface area contributed by atoms with Crippen LogP contribution in [0.1, 0.15) is 11.1 Å². The van der Waals surface area contributed by atoms with Gasteiger partial charge in [0.15, 0.2) is 5.54 Å². The maximum absolute atomic E-state index is 13.3. The van der Waals surface area contributed by atoms with Crippen LogP contribution in [0.2, 0.25) is 0 Å². The maximum atomic E-state index is 13.3. The van der Waals surface area contributed by atoms with Gasteiger partial charge in [0, 0.05) is 6.21 Å². The van der Waals surface area contributed by atoms with Crippen LogP contribution < -0.4 is 4.90 Å². The Kier molecular flexibility index (Phi) is 3.91. The Bertz CT molecular complexity index is 969. The summed E-state index contributed by atoms with van der Waals surface area (Å²) in [6.07, 6.45) is 1.42. The van der Waals surface area contributed by atoms with E-state index in [9.17, 15) is 14.4 Å². The molecule has 0 N–H and O–H groups in total. The highest BCUT2D eigenvalue weighted by Crippen LogP contribution is 2.48. The minimum Gasteiger partial charge on any atom is -0.467 e. The fourth-order valence-electron chi connectivity index (χ4n) is 3.98. The van der Waals surface area contributed by atoms with Crippen molar-refractivity contribution in [3.8, 4) is 0 Å². The molecule has 0 radical (unpaired) electrons. The van der Waals surface area contributed by atoms with Gasteiger partial charge in [-0.1, -0.05) is 48.0 Å². The van der Waals surface area contributed by atoms with Crippen molar-refractivity contribution in [3.05, 3.63) is 65.7 Å². The van der Waals surface area contributed by atoms with Gasteiger partial charge in [0.2, 0.25) is 11.8 Å². The lowest BCUT2D eigenvalue weighted by Gasteiger charge is -2.29. The number of para-hydroxylation sites is 1. The molecule has 6 heteroatoms. The average Bonchev–Trinajstić information content (AvgIpc) is 3.20. The molecule has 0 spiro atoms. The van der Waals surface area contributed by atoms with Crippen molar-refractivity contribution in [2.75, 3.05) is 12.0 Å². The average molecular weight is 362 g/mol. The van der Waals surface area contributed by atoms with Crippen molar-refractivity contribution in [1.29, 1.82) is 0 Å². The van der Waals surface area contributed by atoms with E-state index in [1.165, 1.54) is 13.3 Å². The number of fused-ring (bicyclic) bond motifs is 1. The van der Waals surface area contributed by atoms with Crippen LogP contribution in [0.3, 0.4) is 0 Å². The van der Waals surface area contributed by atoms with Crippen molar-refractivity contribution >= 4 is 29.7 Å². The molecule has 2 aliphatic heterocycles. The summed E-state index contributed by atoms with van der Waals surface area (Å²) in [4.78, 5) is 44.7. The van der Waals surface area contributed by atoms with Crippen LogP contribution in [-0.2, 0) is 24.7 Å². The predicted molar refractivity (Wildman–Crippen MR) is 99.3 cm³/mol. The third-order valence-corrected chi connectivity index (χ3v) is 5.21. The molecule has 6 nitrogen and oxygen atoms in total. The van der Waals surface area contributed by atoms with Crippen LogP contribution in [-0.4, -0.2) is 31.1 Å². The molecule has 2 aromatic carbocycles. The van der Waals surface area contributed by atoms with Gasteiger partial charge >= 0.3 is 5.97 Å². The SMILES string of the molecule is COC(=O)[C@@]1(c2cccc(C)c2)N=C[C@H]2C(=O)N(c3ccccc3)C(=O)[C@H]21. The van der Waals surface area contributed by atoms with Gasteiger partial charge in [0.1, 0.15) is 0 Å². The number of benzene rings is 2. The van der Waals surface area contributed by atoms with Gasteiger partial charge in [-0.15, -0.1) is 0 Å². The van der Waals surface area contributed by atoms with Gasteiger partial charge in [0.25, 0.3) is 0 Å². The second kappa shape index (κ2) is 6.16. The fourth-order valence-corrected chi connectivity index (χ4v) is 3.98. The summed E-state index contributed by atoms with van der Waals surface area (Å²) in [5.41, 5.74) is 0.403. The number of amides is 2. The summed E-state index contributed by atoms with van der Waals surface area (Å²) >= 11 is 0. The topological polar surface area (TPSA) is 76.0 Å². The van der Waals surface area contributed by atoms with Crippen LogP contribution in [0.15, 0.2) is 59.6 Å². The summed E-state index contributed by atoms with van der Waals surface area (Å²) < 4.78 is 5.03. The van der Waals surface area contributed by atoms with Crippen LogP contribution in [0, 0.1) is 18.8 Å². The molecule has 1 saturated heterocycles. The molecular weight excluding hydrogens is 344 g/mol. The lowest BCUT2D eigenvalue weighted by molar-refractivity contribution is -0.151. The third kappa shape index (κ3) is 2.33. The Balaban J connectivity index is 1.87. The number of imide groups is 1.